The van der Waals surface area contributed by atoms with Crippen LogP contribution in [0.5, 0.6) is 5.75 Å². The first-order valence-electron chi connectivity index (χ1n) is 11.0. The van der Waals surface area contributed by atoms with Gasteiger partial charge in [0.05, 0.1) is 24.9 Å². The zero-order chi connectivity index (χ0) is 25.0. The fraction of sp³-hybridized carbons (Fsp3) is 0.160. The molecule has 0 bridgehead atoms. The molecule has 1 unspecified atom stereocenters. The Hall–Kier alpha value is -4.80. The van der Waals surface area contributed by atoms with E-state index in [0.29, 0.717) is 22.4 Å². The minimum absolute atomic E-state index is 0.0463. The molecule has 180 valence electrons. The van der Waals surface area contributed by atoms with E-state index in [4.69, 9.17) is 9.15 Å². The molecule has 3 aromatic heterocycles. The number of furan rings is 1. The second kappa shape index (κ2) is 7.87. The van der Waals surface area contributed by atoms with Crippen LogP contribution >= 0.6 is 0 Å². The first-order chi connectivity index (χ1) is 17.4. The quantitative estimate of drug-likeness (QED) is 0.415. The maximum Gasteiger partial charge on any atom is 0.322 e. The number of nitrogens with zero attached hydrogens (tertiary/aromatic N) is 3. The van der Waals surface area contributed by atoms with Crippen LogP contribution in [-0.4, -0.2) is 46.4 Å². The predicted octanol–water partition coefficient (Wildman–Crippen LogP) is 2.73. The number of fused-ring (bicyclic) bond motifs is 2. The second-order valence-corrected chi connectivity index (χ2v) is 8.52. The Balaban J connectivity index is 1.39. The van der Waals surface area contributed by atoms with Gasteiger partial charge in [0.25, 0.3) is 11.8 Å². The summed E-state index contributed by atoms with van der Waals surface area (Å²) in [5.41, 5.74) is 0.957. The van der Waals surface area contributed by atoms with E-state index in [1.54, 1.807) is 36.7 Å². The van der Waals surface area contributed by atoms with Crippen LogP contribution in [0.2, 0.25) is 0 Å². The highest BCUT2D eigenvalue weighted by atomic mass is 19.1. The third-order valence-electron chi connectivity index (χ3n) is 6.42. The largest absolute Gasteiger partial charge is 0.494 e. The molecule has 2 aliphatic rings. The van der Waals surface area contributed by atoms with Gasteiger partial charge in [0, 0.05) is 30.6 Å². The number of aromatic nitrogens is 2. The highest BCUT2D eigenvalue weighted by Gasteiger charge is 2.53. The number of urea groups is 1. The number of nitrogens with one attached hydrogen (secondary N) is 2. The van der Waals surface area contributed by atoms with E-state index in [9.17, 15) is 18.8 Å². The maximum atomic E-state index is 14.8. The summed E-state index contributed by atoms with van der Waals surface area (Å²) in [5, 5.41) is 4.83. The van der Waals surface area contributed by atoms with E-state index in [-0.39, 0.29) is 30.2 Å². The summed E-state index contributed by atoms with van der Waals surface area (Å²) in [7, 11) is 1.31. The van der Waals surface area contributed by atoms with Gasteiger partial charge in [0.2, 0.25) is 0 Å². The Labute approximate surface area is 203 Å². The molecule has 0 saturated carbocycles. The van der Waals surface area contributed by atoms with Crippen molar-refractivity contribution in [1.82, 2.24) is 25.5 Å². The van der Waals surface area contributed by atoms with Crippen molar-refractivity contribution in [3.05, 3.63) is 77.6 Å². The topological polar surface area (TPSA) is 127 Å². The van der Waals surface area contributed by atoms with Crippen molar-refractivity contribution in [1.29, 1.82) is 0 Å². The van der Waals surface area contributed by atoms with Crippen LogP contribution in [0.15, 0.2) is 59.3 Å². The van der Waals surface area contributed by atoms with Gasteiger partial charge in [-0.25, -0.2) is 14.2 Å². The molecule has 0 spiro atoms. The number of hydrogen-bond acceptors (Lipinski definition) is 7. The summed E-state index contributed by atoms with van der Waals surface area (Å²) in [6.45, 7) is -0.235. The van der Waals surface area contributed by atoms with Crippen LogP contribution in [0, 0.1) is 5.82 Å². The standard InChI is InChI=1S/C25H18FN5O5/c1-35-18-4-2-14-11-31(22(32)20(14)21(18)26)12-25(23(33)29-24(34)30-25)19-10-16-17(36-19)5-3-15(28-16)13-6-8-27-9-7-13/h2-10H,11-12H2,1H3,(H2,29,30,33,34). The van der Waals surface area contributed by atoms with Gasteiger partial charge >= 0.3 is 6.03 Å². The van der Waals surface area contributed by atoms with Gasteiger partial charge in [-0.3, -0.25) is 19.9 Å². The molecule has 1 fully saturated rings. The zero-order valence-electron chi connectivity index (χ0n) is 18.9. The lowest BCUT2D eigenvalue weighted by Gasteiger charge is -2.28. The molecule has 5 heterocycles. The number of carbonyl (C=O) groups is 3. The Morgan fingerprint density at radius 1 is 1.14 bits per heavy atom. The van der Waals surface area contributed by atoms with Crippen molar-refractivity contribution >= 4 is 28.9 Å². The molecule has 0 aliphatic carbocycles. The Bertz CT molecular complexity index is 1570. The highest BCUT2D eigenvalue weighted by Crippen LogP contribution is 2.36. The van der Waals surface area contributed by atoms with Gasteiger partial charge in [-0.1, -0.05) is 6.07 Å². The number of halogens is 1. The second-order valence-electron chi connectivity index (χ2n) is 8.52. The summed E-state index contributed by atoms with van der Waals surface area (Å²) < 4.78 is 25.8. The van der Waals surface area contributed by atoms with Crippen molar-refractivity contribution < 1.29 is 27.9 Å². The van der Waals surface area contributed by atoms with Crippen LogP contribution in [0.3, 0.4) is 0 Å². The van der Waals surface area contributed by atoms with Gasteiger partial charge in [0.1, 0.15) is 11.3 Å². The number of methoxy groups -OCH3 is 1. The van der Waals surface area contributed by atoms with E-state index >= 15 is 0 Å². The fourth-order valence-electron chi connectivity index (χ4n) is 4.64. The van der Waals surface area contributed by atoms with Gasteiger partial charge in [0.15, 0.2) is 22.7 Å². The molecule has 2 N–H and O–H groups in total. The predicted molar refractivity (Wildman–Crippen MR) is 123 cm³/mol. The number of ether oxygens (including phenoxy) is 1. The van der Waals surface area contributed by atoms with Crippen molar-refractivity contribution in [2.24, 2.45) is 0 Å². The zero-order valence-corrected chi connectivity index (χ0v) is 18.9. The first kappa shape index (κ1) is 21.7. The summed E-state index contributed by atoms with van der Waals surface area (Å²) >= 11 is 0. The summed E-state index contributed by atoms with van der Waals surface area (Å²) in [5.74, 6) is -2.04. The molecule has 1 saturated heterocycles. The lowest BCUT2D eigenvalue weighted by molar-refractivity contribution is -0.125. The average Bonchev–Trinajstić information content (AvgIpc) is 3.53. The fourth-order valence-corrected chi connectivity index (χ4v) is 4.64. The number of amides is 4. The smallest absolute Gasteiger partial charge is 0.322 e. The van der Waals surface area contributed by atoms with E-state index in [1.807, 2.05) is 12.1 Å². The van der Waals surface area contributed by atoms with E-state index in [2.05, 4.69) is 20.6 Å². The van der Waals surface area contributed by atoms with Crippen LogP contribution in [0.25, 0.3) is 22.4 Å². The molecule has 1 aromatic carbocycles. The molecule has 10 nitrogen and oxygen atoms in total. The van der Waals surface area contributed by atoms with Gasteiger partial charge in [-0.05, 0) is 35.9 Å². The minimum atomic E-state index is -1.73. The molecule has 36 heavy (non-hydrogen) atoms. The van der Waals surface area contributed by atoms with Gasteiger partial charge in [-0.15, -0.1) is 0 Å². The molecule has 1 atom stereocenters. The summed E-state index contributed by atoms with van der Waals surface area (Å²) in [6.07, 6.45) is 3.30. The van der Waals surface area contributed by atoms with Crippen molar-refractivity contribution in [3.8, 4) is 17.0 Å². The Morgan fingerprint density at radius 2 is 1.94 bits per heavy atom. The van der Waals surface area contributed by atoms with E-state index < -0.39 is 29.2 Å². The maximum absolute atomic E-state index is 14.8. The Morgan fingerprint density at radius 3 is 2.67 bits per heavy atom. The van der Waals surface area contributed by atoms with E-state index in [0.717, 1.165) is 5.56 Å². The van der Waals surface area contributed by atoms with Crippen molar-refractivity contribution in [2.75, 3.05) is 13.7 Å². The number of hydrogen-bond donors (Lipinski definition) is 2. The van der Waals surface area contributed by atoms with Crippen molar-refractivity contribution in [2.45, 2.75) is 12.1 Å². The summed E-state index contributed by atoms with van der Waals surface area (Å²) in [4.78, 5) is 48.4. The molecule has 0 radical (unpaired) electrons. The lowest BCUT2D eigenvalue weighted by atomic mass is 9.95. The van der Waals surface area contributed by atoms with Gasteiger partial charge < -0.3 is 19.4 Å². The molecular formula is C25H18FN5O5. The Kier molecular flexibility index (Phi) is 4.75. The number of carbonyl (C=O) groups excluding carboxylic acids is 3. The normalized spacial score (nSPS) is 18.9. The first-order valence-corrected chi connectivity index (χ1v) is 11.0. The summed E-state index contributed by atoms with van der Waals surface area (Å²) in [6, 6.07) is 11.0. The monoisotopic (exact) mass is 487 g/mol. The number of rotatable bonds is 5. The number of benzene rings is 1. The van der Waals surface area contributed by atoms with Crippen LogP contribution in [-0.2, 0) is 16.9 Å². The third kappa shape index (κ3) is 3.20. The number of pyridine rings is 2. The molecule has 6 rings (SSSR count). The van der Waals surface area contributed by atoms with Crippen LogP contribution in [0.4, 0.5) is 9.18 Å². The van der Waals surface area contributed by atoms with E-state index in [1.165, 1.54) is 18.1 Å². The van der Waals surface area contributed by atoms with Crippen LogP contribution in [0.1, 0.15) is 21.7 Å². The van der Waals surface area contributed by atoms with Crippen LogP contribution < -0.4 is 15.4 Å². The minimum Gasteiger partial charge on any atom is -0.494 e. The lowest BCUT2D eigenvalue weighted by Crippen LogP contribution is -2.52. The molecule has 11 heteroatoms. The molecule has 4 amide bonds. The molecule has 4 aromatic rings. The molecular weight excluding hydrogens is 469 g/mol. The van der Waals surface area contributed by atoms with Gasteiger partial charge in [-0.2, -0.15) is 0 Å². The average molecular weight is 487 g/mol. The SMILES string of the molecule is COc1ccc2c(c1F)C(=O)N(CC1(c3cc4nc(-c5ccncc5)ccc4o3)NC(=O)NC1=O)C2. The molecule has 2 aliphatic heterocycles. The third-order valence-corrected chi connectivity index (χ3v) is 6.42. The highest BCUT2D eigenvalue weighted by molar-refractivity contribution is 6.08. The van der Waals surface area contributed by atoms with Crippen molar-refractivity contribution in [3.63, 3.8) is 0 Å². The number of imide groups is 1.